The molecule has 12 heteroatoms. The highest BCUT2D eigenvalue weighted by molar-refractivity contribution is 7.89. The highest BCUT2D eigenvalue weighted by Crippen LogP contribution is 2.31. The summed E-state index contributed by atoms with van der Waals surface area (Å²) in [4.78, 5) is 29.8. The van der Waals surface area contributed by atoms with Gasteiger partial charge in [-0.1, -0.05) is 11.6 Å². The van der Waals surface area contributed by atoms with E-state index in [1.165, 1.54) is 53.0 Å². The number of ketones is 1. The van der Waals surface area contributed by atoms with Gasteiger partial charge in [-0.15, -0.1) is 0 Å². The third kappa shape index (κ3) is 4.47. The summed E-state index contributed by atoms with van der Waals surface area (Å²) >= 11 is 5.85. The fourth-order valence-corrected chi connectivity index (χ4v) is 5.26. The molecule has 0 amide bonds. The molecule has 4 rings (SSSR count). The summed E-state index contributed by atoms with van der Waals surface area (Å²) in [6.45, 7) is 0.854. The van der Waals surface area contributed by atoms with Gasteiger partial charge in [-0.05, 0) is 36.4 Å². The van der Waals surface area contributed by atoms with E-state index in [-0.39, 0.29) is 48.1 Å². The summed E-state index contributed by atoms with van der Waals surface area (Å²) in [7, 11) is -2.03. The fourth-order valence-electron chi connectivity index (χ4n) is 3.72. The number of carbonyl (C=O) groups is 1. The van der Waals surface area contributed by atoms with E-state index in [1.54, 1.807) is 22.7 Å². The second-order valence-corrected chi connectivity index (χ2v) is 9.87. The Morgan fingerprint density at radius 1 is 1.09 bits per heavy atom. The molecule has 1 saturated heterocycles. The van der Waals surface area contributed by atoms with Crippen molar-refractivity contribution >= 4 is 38.8 Å². The molecule has 0 bridgehead atoms. The van der Waals surface area contributed by atoms with Crippen LogP contribution < -0.4 is 4.90 Å². The molecule has 0 radical (unpaired) electrons. The minimum atomic E-state index is -3.70. The van der Waals surface area contributed by atoms with Gasteiger partial charge in [-0.25, -0.2) is 13.4 Å². The van der Waals surface area contributed by atoms with Crippen LogP contribution in [0.1, 0.15) is 16.2 Å². The first-order valence-corrected chi connectivity index (χ1v) is 11.8. The zero-order valence-corrected chi connectivity index (χ0v) is 19.2. The summed E-state index contributed by atoms with van der Waals surface area (Å²) < 4.78 is 28.7. The average molecular weight is 490 g/mol. The molecule has 0 aliphatic carbocycles. The standard InChI is InChI=1S/C21H20ClN5O5S/c1-24-9-8-23-21(24)20(28)15-2-7-18(19(14-15)27(29)30)25-10-12-26(13-11-25)33(31,32)17-5-3-16(22)4-6-17/h2-9,14H,10-13H2,1H3. The number of nitro groups is 1. The van der Waals surface area contributed by atoms with Crippen LogP contribution in [0.2, 0.25) is 5.02 Å². The molecule has 0 saturated carbocycles. The van der Waals surface area contributed by atoms with Gasteiger partial charge in [0.1, 0.15) is 5.69 Å². The van der Waals surface area contributed by atoms with Crippen molar-refractivity contribution < 1.29 is 18.1 Å². The Hall–Kier alpha value is -3.28. The van der Waals surface area contributed by atoms with E-state index in [2.05, 4.69) is 4.98 Å². The number of hydrogen-bond acceptors (Lipinski definition) is 7. The monoisotopic (exact) mass is 489 g/mol. The van der Waals surface area contributed by atoms with Crippen molar-refractivity contribution in [1.82, 2.24) is 13.9 Å². The van der Waals surface area contributed by atoms with E-state index in [0.717, 1.165) is 0 Å². The number of piperazine rings is 1. The van der Waals surface area contributed by atoms with Crippen LogP contribution >= 0.6 is 11.6 Å². The molecule has 10 nitrogen and oxygen atoms in total. The van der Waals surface area contributed by atoms with E-state index < -0.39 is 20.7 Å². The molecule has 1 fully saturated rings. The number of aromatic nitrogens is 2. The van der Waals surface area contributed by atoms with E-state index >= 15 is 0 Å². The van der Waals surface area contributed by atoms with Gasteiger partial charge in [0.25, 0.3) is 5.69 Å². The van der Waals surface area contributed by atoms with Gasteiger partial charge in [0, 0.05) is 62.3 Å². The third-order valence-corrected chi connectivity index (χ3v) is 7.65. The summed E-state index contributed by atoms with van der Waals surface area (Å²) in [5.41, 5.74) is 0.271. The smallest absolute Gasteiger partial charge is 0.293 e. The Balaban J connectivity index is 1.54. The number of halogens is 1. The maximum atomic E-state index is 12.9. The number of hydrogen-bond donors (Lipinski definition) is 0. The Labute approximate surface area is 195 Å². The van der Waals surface area contributed by atoms with E-state index in [0.29, 0.717) is 10.7 Å². The molecule has 1 aliphatic heterocycles. The Morgan fingerprint density at radius 3 is 2.33 bits per heavy atom. The van der Waals surface area contributed by atoms with Gasteiger partial charge in [-0.3, -0.25) is 14.9 Å². The topological polar surface area (TPSA) is 119 Å². The molecule has 1 aromatic heterocycles. The van der Waals surface area contributed by atoms with Gasteiger partial charge in [-0.2, -0.15) is 4.31 Å². The molecule has 0 unspecified atom stereocenters. The van der Waals surface area contributed by atoms with Crippen LogP contribution in [0, 0.1) is 10.1 Å². The van der Waals surface area contributed by atoms with Crippen LogP contribution in [0.3, 0.4) is 0 Å². The van der Waals surface area contributed by atoms with Crippen LogP contribution in [0.25, 0.3) is 0 Å². The van der Waals surface area contributed by atoms with Crippen molar-refractivity contribution in [3.8, 4) is 0 Å². The lowest BCUT2D eigenvalue weighted by molar-refractivity contribution is -0.384. The molecule has 172 valence electrons. The van der Waals surface area contributed by atoms with Crippen molar-refractivity contribution in [3.63, 3.8) is 0 Å². The van der Waals surface area contributed by atoms with Gasteiger partial charge < -0.3 is 9.47 Å². The minimum absolute atomic E-state index is 0.142. The zero-order valence-electron chi connectivity index (χ0n) is 17.6. The molecule has 3 aromatic rings. The van der Waals surface area contributed by atoms with Crippen molar-refractivity contribution in [2.75, 3.05) is 31.1 Å². The first kappa shape index (κ1) is 22.9. The summed E-state index contributed by atoms with van der Waals surface area (Å²) in [6, 6.07) is 10.2. The largest absolute Gasteiger partial charge is 0.363 e. The number of nitrogens with zero attached hydrogens (tertiary/aromatic N) is 5. The van der Waals surface area contributed by atoms with Gasteiger partial charge in [0.05, 0.1) is 9.82 Å². The summed E-state index contributed by atoms with van der Waals surface area (Å²) in [5.74, 6) is -0.242. The quantitative estimate of drug-likeness (QED) is 0.296. The van der Waals surface area contributed by atoms with Crippen molar-refractivity contribution in [3.05, 3.63) is 81.4 Å². The van der Waals surface area contributed by atoms with Gasteiger partial charge in [0.2, 0.25) is 15.8 Å². The Kier molecular flexibility index (Phi) is 6.19. The average Bonchev–Trinajstić information content (AvgIpc) is 3.24. The lowest BCUT2D eigenvalue weighted by Crippen LogP contribution is -2.48. The number of rotatable bonds is 6. The normalized spacial score (nSPS) is 14.9. The molecule has 33 heavy (non-hydrogen) atoms. The first-order chi connectivity index (χ1) is 15.7. The summed E-state index contributed by atoms with van der Waals surface area (Å²) in [5, 5.41) is 12.2. The highest BCUT2D eigenvalue weighted by Gasteiger charge is 2.31. The molecular weight excluding hydrogens is 470 g/mol. The van der Waals surface area contributed by atoms with E-state index in [9.17, 15) is 23.3 Å². The molecule has 2 heterocycles. The number of anilines is 1. The second kappa shape index (κ2) is 8.93. The number of sulfonamides is 1. The fraction of sp³-hybridized carbons (Fsp3) is 0.238. The van der Waals surface area contributed by atoms with Crippen LogP contribution in [-0.4, -0.2) is 59.2 Å². The Bertz CT molecular complexity index is 1320. The number of carbonyl (C=O) groups excluding carboxylic acids is 1. The number of nitro benzene ring substituents is 1. The van der Waals surface area contributed by atoms with Crippen molar-refractivity contribution in [2.24, 2.45) is 7.05 Å². The van der Waals surface area contributed by atoms with E-state index in [4.69, 9.17) is 11.6 Å². The van der Waals surface area contributed by atoms with Gasteiger partial charge >= 0.3 is 0 Å². The van der Waals surface area contributed by atoms with Crippen LogP contribution in [0.4, 0.5) is 11.4 Å². The molecule has 2 aromatic carbocycles. The van der Waals surface area contributed by atoms with E-state index in [1.807, 2.05) is 0 Å². The second-order valence-electron chi connectivity index (χ2n) is 7.50. The molecule has 0 spiro atoms. The van der Waals surface area contributed by atoms with Crippen LogP contribution in [0.15, 0.2) is 59.8 Å². The van der Waals surface area contributed by atoms with Crippen LogP contribution in [0.5, 0.6) is 0 Å². The zero-order chi connectivity index (χ0) is 23.8. The molecule has 0 N–H and O–H groups in total. The van der Waals surface area contributed by atoms with Gasteiger partial charge in [0.15, 0.2) is 5.82 Å². The minimum Gasteiger partial charge on any atom is -0.363 e. The third-order valence-electron chi connectivity index (χ3n) is 5.49. The SMILES string of the molecule is Cn1ccnc1C(=O)c1ccc(N2CCN(S(=O)(=O)c3ccc(Cl)cc3)CC2)c([N+](=O)[O-])c1. The summed E-state index contributed by atoms with van der Waals surface area (Å²) in [6.07, 6.45) is 3.10. The molecule has 1 aliphatic rings. The lowest BCUT2D eigenvalue weighted by Gasteiger charge is -2.35. The Morgan fingerprint density at radius 2 is 1.76 bits per heavy atom. The maximum absolute atomic E-state index is 12.9. The van der Waals surface area contributed by atoms with Crippen molar-refractivity contribution in [1.29, 1.82) is 0 Å². The number of benzene rings is 2. The number of imidazole rings is 1. The first-order valence-electron chi connectivity index (χ1n) is 9.99. The molecular formula is C21H20ClN5O5S. The van der Waals surface area contributed by atoms with Crippen LogP contribution in [-0.2, 0) is 17.1 Å². The predicted octanol–water partition coefficient (Wildman–Crippen LogP) is 2.72. The molecule has 0 atom stereocenters. The van der Waals surface area contributed by atoms with Crippen molar-refractivity contribution in [2.45, 2.75) is 4.90 Å². The lowest BCUT2D eigenvalue weighted by atomic mass is 10.1. The number of aryl methyl sites for hydroxylation is 1. The predicted molar refractivity (Wildman–Crippen MR) is 122 cm³/mol. The maximum Gasteiger partial charge on any atom is 0.293 e. The highest BCUT2D eigenvalue weighted by atomic mass is 35.5.